The van der Waals surface area contributed by atoms with Gasteiger partial charge in [0.2, 0.25) is 0 Å². The molecule has 2 unspecified atom stereocenters. The molecule has 0 radical (unpaired) electrons. The van der Waals surface area contributed by atoms with E-state index in [4.69, 9.17) is 0 Å². The number of urea groups is 1. The van der Waals surface area contributed by atoms with Gasteiger partial charge in [-0.3, -0.25) is 4.79 Å². The van der Waals surface area contributed by atoms with Gasteiger partial charge in [0.1, 0.15) is 0 Å². The van der Waals surface area contributed by atoms with E-state index in [1.165, 1.54) is 0 Å². The first-order chi connectivity index (χ1) is 9.52. The molecule has 2 rings (SSSR count). The van der Waals surface area contributed by atoms with Crippen molar-refractivity contribution >= 4 is 12.0 Å². The largest absolute Gasteiger partial charge is 0.481 e. The number of hydrogen-bond donors (Lipinski definition) is 4. The van der Waals surface area contributed by atoms with E-state index >= 15 is 0 Å². The summed E-state index contributed by atoms with van der Waals surface area (Å²) in [6.07, 6.45) is 6.08. The van der Waals surface area contributed by atoms with E-state index in [1.807, 2.05) is 0 Å². The van der Waals surface area contributed by atoms with Gasteiger partial charge in [0.25, 0.3) is 0 Å². The second-order valence-electron chi connectivity index (χ2n) is 5.39. The predicted octanol–water partition coefficient (Wildman–Crippen LogP) is 0.895. The molecule has 1 heterocycles. The molecule has 0 aromatic carbocycles. The smallest absolute Gasteiger partial charge is 0.315 e. The highest BCUT2D eigenvalue weighted by molar-refractivity contribution is 5.79. The van der Waals surface area contributed by atoms with E-state index in [0.717, 1.165) is 12.1 Å². The molecular formula is C13H20N4O3. The topological polar surface area (TPSA) is 107 Å². The van der Waals surface area contributed by atoms with E-state index in [9.17, 15) is 14.7 Å². The second-order valence-corrected chi connectivity index (χ2v) is 5.39. The van der Waals surface area contributed by atoms with Gasteiger partial charge in [0, 0.05) is 30.9 Å². The summed E-state index contributed by atoms with van der Waals surface area (Å²) in [5.74, 6) is -0.849. The summed E-state index contributed by atoms with van der Waals surface area (Å²) < 4.78 is 0. The number of hydrogen-bond acceptors (Lipinski definition) is 3. The summed E-state index contributed by atoms with van der Waals surface area (Å²) in [4.78, 5) is 29.9. The van der Waals surface area contributed by atoms with Crippen LogP contribution in [0.3, 0.4) is 0 Å². The zero-order chi connectivity index (χ0) is 14.6. The van der Waals surface area contributed by atoms with Crippen LogP contribution < -0.4 is 10.6 Å². The summed E-state index contributed by atoms with van der Waals surface area (Å²) in [6.45, 7) is 2.17. The summed E-state index contributed by atoms with van der Waals surface area (Å²) >= 11 is 0. The van der Waals surface area contributed by atoms with Crippen molar-refractivity contribution in [3.63, 3.8) is 0 Å². The first-order valence-electron chi connectivity index (χ1n) is 6.77. The van der Waals surface area contributed by atoms with Crippen molar-refractivity contribution in [2.45, 2.75) is 38.6 Å². The minimum absolute atomic E-state index is 0.313. The third-order valence-electron chi connectivity index (χ3n) is 3.99. The molecule has 20 heavy (non-hydrogen) atoms. The van der Waals surface area contributed by atoms with Crippen molar-refractivity contribution in [3.05, 3.63) is 18.2 Å². The Morgan fingerprint density at radius 1 is 1.60 bits per heavy atom. The molecule has 2 amide bonds. The van der Waals surface area contributed by atoms with Crippen LogP contribution in [0.5, 0.6) is 0 Å². The Kier molecular flexibility index (Phi) is 4.26. The van der Waals surface area contributed by atoms with Gasteiger partial charge >= 0.3 is 12.0 Å². The molecule has 1 aliphatic carbocycles. The van der Waals surface area contributed by atoms with Gasteiger partial charge < -0.3 is 20.7 Å². The van der Waals surface area contributed by atoms with Gasteiger partial charge in [-0.05, 0) is 19.8 Å². The van der Waals surface area contributed by atoms with E-state index < -0.39 is 11.4 Å². The van der Waals surface area contributed by atoms with Gasteiger partial charge in [-0.2, -0.15) is 0 Å². The number of carboxylic acids is 1. The lowest BCUT2D eigenvalue weighted by atomic mass is 9.85. The molecule has 7 nitrogen and oxygen atoms in total. The Morgan fingerprint density at radius 2 is 2.40 bits per heavy atom. The van der Waals surface area contributed by atoms with Crippen molar-refractivity contribution in [1.29, 1.82) is 0 Å². The van der Waals surface area contributed by atoms with Gasteiger partial charge in [0.05, 0.1) is 11.7 Å². The number of aliphatic carboxylic acids is 1. The summed E-state index contributed by atoms with van der Waals surface area (Å²) in [7, 11) is 0. The third-order valence-corrected chi connectivity index (χ3v) is 3.99. The number of nitrogens with one attached hydrogen (secondary N) is 3. The quantitative estimate of drug-likeness (QED) is 0.642. The fourth-order valence-corrected chi connectivity index (χ4v) is 2.60. The van der Waals surface area contributed by atoms with Crippen LogP contribution >= 0.6 is 0 Å². The normalized spacial score (nSPS) is 25.4. The van der Waals surface area contributed by atoms with E-state index in [1.54, 1.807) is 19.4 Å². The number of amides is 2. The highest BCUT2D eigenvalue weighted by atomic mass is 16.4. The molecule has 1 aromatic rings. The van der Waals surface area contributed by atoms with Crippen LogP contribution in [0.1, 0.15) is 31.9 Å². The molecule has 0 aliphatic heterocycles. The highest BCUT2D eigenvalue weighted by Crippen LogP contribution is 2.38. The Hall–Kier alpha value is -2.05. The maximum Gasteiger partial charge on any atom is 0.315 e. The van der Waals surface area contributed by atoms with Gasteiger partial charge in [-0.25, -0.2) is 9.78 Å². The third kappa shape index (κ3) is 3.09. The molecule has 0 saturated heterocycles. The van der Waals surface area contributed by atoms with Gasteiger partial charge in [-0.15, -0.1) is 0 Å². The lowest BCUT2D eigenvalue weighted by Gasteiger charge is -2.27. The predicted molar refractivity (Wildman–Crippen MR) is 72.2 cm³/mol. The number of carbonyl (C=O) groups is 2. The number of nitrogens with zero attached hydrogens (tertiary/aromatic N) is 1. The van der Waals surface area contributed by atoms with E-state index in [-0.39, 0.29) is 12.1 Å². The van der Waals surface area contributed by atoms with Crippen molar-refractivity contribution in [2.24, 2.45) is 5.41 Å². The van der Waals surface area contributed by atoms with Crippen LogP contribution in [0.4, 0.5) is 4.79 Å². The van der Waals surface area contributed by atoms with E-state index in [2.05, 4.69) is 20.6 Å². The first-order valence-corrected chi connectivity index (χ1v) is 6.77. The number of imidazole rings is 1. The first kappa shape index (κ1) is 14.4. The number of H-pyrrole nitrogens is 1. The number of aromatic nitrogens is 2. The molecule has 1 aliphatic rings. The fraction of sp³-hybridized carbons (Fsp3) is 0.615. The van der Waals surface area contributed by atoms with Crippen molar-refractivity contribution < 1.29 is 14.7 Å². The van der Waals surface area contributed by atoms with Gasteiger partial charge in [0.15, 0.2) is 0 Å². The standard InChI is InChI=1S/C13H20N4O3/c1-13(11(18)19)5-2-3-10(13)17-12(20)15-6-4-9-7-14-8-16-9/h7-8,10H,2-6H2,1H3,(H,14,16)(H,18,19)(H2,15,17,20). The maximum atomic E-state index is 11.8. The monoisotopic (exact) mass is 280 g/mol. The Bertz CT molecular complexity index is 474. The van der Waals surface area contributed by atoms with Crippen molar-refractivity contribution in [1.82, 2.24) is 20.6 Å². The summed E-state index contributed by atoms with van der Waals surface area (Å²) in [6, 6.07) is -0.629. The van der Waals surface area contributed by atoms with Gasteiger partial charge in [-0.1, -0.05) is 6.42 Å². The van der Waals surface area contributed by atoms with Crippen LogP contribution in [0, 0.1) is 5.41 Å². The van der Waals surface area contributed by atoms with E-state index in [0.29, 0.717) is 25.8 Å². The van der Waals surface area contributed by atoms with Crippen molar-refractivity contribution in [2.75, 3.05) is 6.54 Å². The minimum Gasteiger partial charge on any atom is -0.481 e. The molecule has 1 aromatic heterocycles. The Morgan fingerprint density at radius 3 is 3.05 bits per heavy atom. The fourth-order valence-electron chi connectivity index (χ4n) is 2.60. The molecule has 7 heteroatoms. The number of carboxylic acid groups (broad SMARTS) is 1. The molecule has 110 valence electrons. The maximum absolute atomic E-state index is 11.8. The summed E-state index contributed by atoms with van der Waals surface area (Å²) in [5.41, 5.74) is 0.0855. The lowest BCUT2D eigenvalue weighted by Crippen LogP contribution is -2.50. The molecule has 0 bridgehead atoms. The highest BCUT2D eigenvalue weighted by Gasteiger charge is 2.45. The number of carbonyl (C=O) groups excluding carboxylic acids is 1. The lowest BCUT2D eigenvalue weighted by molar-refractivity contribution is -0.148. The number of rotatable bonds is 5. The Labute approximate surface area is 117 Å². The van der Waals surface area contributed by atoms with Crippen LogP contribution in [0.15, 0.2) is 12.5 Å². The zero-order valence-corrected chi connectivity index (χ0v) is 11.5. The average Bonchev–Trinajstić information content (AvgIpc) is 3.01. The molecule has 2 atom stereocenters. The SMILES string of the molecule is CC1(C(=O)O)CCCC1NC(=O)NCCc1cnc[nH]1. The van der Waals surface area contributed by atoms with Crippen LogP contribution in [0.2, 0.25) is 0 Å². The van der Waals surface area contributed by atoms with Crippen molar-refractivity contribution in [3.8, 4) is 0 Å². The zero-order valence-electron chi connectivity index (χ0n) is 11.5. The second kappa shape index (κ2) is 5.94. The molecule has 4 N–H and O–H groups in total. The molecular weight excluding hydrogens is 260 g/mol. The summed E-state index contributed by atoms with van der Waals surface area (Å²) in [5, 5.41) is 14.8. The number of aromatic amines is 1. The molecule has 1 fully saturated rings. The molecule has 0 spiro atoms. The molecule has 1 saturated carbocycles. The minimum atomic E-state index is -0.860. The van der Waals surface area contributed by atoms with Crippen LogP contribution in [-0.4, -0.2) is 39.7 Å². The Balaban J connectivity index is 1.78. The average molecular weight is 280 g/mol. The van der Waals surface area contributed by atoms with Crippen LogP contribution in [0.25, 0.3) is 0 Å². The van der Waals surface area contributed by atoms with Crippen LogP contribution in [-0.2, 0) is 11.2 Å².